The highest BCUT2D eigenvalue weighted by Gasteiger charge is 2.65. The predicted molar refractivity (Wildman–Crippen MR) is 106 cm³/mol. The number of benzene rings is 1. The summed E-state index contributed by atoms with van der Waals surface area (Å²) in [6.45, 7) is 7.44. The zero-order valence-corrected chi connectivity index (χ0v) is 17.4. The second kappa shape index (κ2) is 7.73. The van der Waals surface area contributed by atoms with Gasteiger partial charge in [0.2, 0.25) is 0 Å². The number of ether oxygens (including phenoxy) is 4. The van der Waals surface area contributed by atoms with Crippen LogP contribution < -0.4 is 4.74 Å². The van der Waals surface area contributed by atoms with Gasteiger partial charge in [-0.05, 0) is 25.8 Å². The van der Waals surface area contributed by atoms with E-state index in [2.05, 4.69) is 13.8 Å². The summed E-state index contributed by atoms with van der Waals surface area (Å²) in [7, 11) is 0. The Hall–Kier alpha value is -1.92. The van der Waals surface area contributed by atoms with Crippen molar-refractivity contribution < 1.29 is 28.5 Å². The van der Waals surface area contributed by atoms with Crippen molar-refractivity contribution >= 4 is 11.9 Å². The Morgan fingerprint density at radius 2 is 2.00 bits per heavy atom. The van der Waals surface area contributed by atoms with Gasteiger partial charge in [0.05, 0.1) is 32.5 Å². The van der Waals surface area contributed by atoms with Gasteiger partial charge in [-0.2, -0.15) is 0 Å². The lowest BCUT2D eigenvalue weighted by molar-refractivity contribution is -0.186. The van der Waals surface area contributed by atoms with Crippen LogP contribution in [0.4, 0.5) is 0 Å². The summed E-state index contributed by atoms with van der Waals surface area (Å²) in [6.07, 6.45) is 2.26. The molecule has 0 spiro atoms. The number of carbonyl (C=O) groups is 2. The normalized spacial score (nSPS) is 33.6. The maximum Gasteiger partial charge on any atom is 0.330 e. The van der Waals surface area contributed by atoms with Crippen molar-refractivity contribution in [2.24, 2.45) is 16.7 Å². The highest BCUT2D eigenvalue weighted by molar-refractivity contribution is 6.04. The molecule has 6 heteroatoms. The molecule has 2 heterocycles. The van der Waals surface area contributed by atoms with Crippen molar-refractivity contribution in [3.63, 3.8) is 0 Å². The van der Waals surface area contributed by atoms with Gasteiger partial charge in [0.1, 0.15) is 5.75 Å². The first-order chi connectivity index (χ1) is 13.9. The molecule has 0 radical (unpaired) electrons. The maximum absolute atomic E-state index is 13.5. The van der Waals surface area contributed by atoms with Crippen molar-refractivity contribution in [3.8, 4) is 5.75 Å². The zero-order valence-electron chi connectivity index (χ0n) is 17.4. The molecule has 4 atom stereocenters. The zero-order chi connectivity index (χ0) is 20.6. The number of esters is 2. The molecule has 29 heavy (non-hydrogen) atoms. The van der Waals surface area contributed by atoms with Gasteiger partial charge in [0.25, 0.3) is 0 Å². The van der Waals surface area contributed by atoms with Crippen molar-refractivity contribution in [2.45, 2.75) is 52.1 Å². The van der Waals surface area contributed by atoms with Gasteiger partial charge in [0, 0.05) is 22.8 Å². The fourth-order valence-electron chi connectivity index (χ4n) is 5.17. The van der Waals surface area contributed by atoms with Gasteiger partial charge in [-0.15, -0.1) is 0 Å². The fraction of sp³-hybridized carbons (Fsp3) is 0.652. The van der Waals surface area contributed by atoms with Crippen LogP contribution in [0.5, 0.6) is 5.75 Å². The van der Waals surface area contributed by atoms with Crippen LogP contribution in [0, 0.1) is 16.7 Å². The smallest absolute Gasteiger partial charge is 0.330 e. The molecule has 4 unspecified atom stereocenters. The first-order valence-electron chi connectivity index (χ1n) is 10.6. The average Bonchev–Trinajstić information content (AvgIpc) is 3.15. The Morgan fingerprint density at radius 3 is 2.79 bits per heavy atom. The molecular weight excluding hydrogens is 372 g/mol. The van der Waals surface area contributed by atoms with E-state index in [0.717, 1.165) is 24.8 Å². The molecule has 2 aliphatic heterocycles. The summed E-state index contributed by atoms with van der Waals surface area (Å²) >= 11 is 0. The molecule has 1 aliphatic carbocycles. The van der Waals surface area contributed by atoms with Crippen molar-refractivity contribution in [2.75, 3.05) is 26.4 Å². The third-order valence-electron chi connectivity index (χ3n) is 6.50. The maximum atomic E-state index is 13.5. The Morgan fingerprint density at radius 1 is 1.21 bits per heavy atom. The summed E-state index contributed by atoms with van der Waals surface area (Å²) in [4.78, 5) is 27.0. The lowest BCUT2D eigenvalue weighted by Crippen LogP contribution is -2.58. The quantitative estimate of drug-likeness (QED) is 0.428. The van der Waals surface area contributed by atoms with Gasteiger partial charge in [-0.3, -0.25) is 9.59 Å². The van der Waals surface area contributed by atoms with Gasteiger partial charge in [0.15, 0.2) is 5.41 Å². The minimum absolute atomic E-state index is 0.147. The molecule has 4 rings (SSSR count). The third-order valence-corrected chi connectivity index (χ3v) is 6.50. The Bertz CT molecular complexity index is 787. The molecule has 3 aliphatic rings. The molecule has 0 amide bonds. The molecule has 2 fully saturated rings. The van der Waals surface area contributed by atoms with Crippen molar-refractivity contribution in [1.82, 2.24) is 0 Å². The third kappa shape index (κ3) is 3.36. The number of carbonyl (C=O) groups excluding carboxylic acids is 2. The van der Waals surface area contributed by atoms with Gasteiger partial charge >= 0.3 is 11.9 Å². The molecule has 158 valence electrons. The molecule has 1 aromatic rings. The van der Waals surface area contributed by atoms with E-state index in [0.29, 0.717) is 19.0 Å². The molecule has 0 N–H and O–H groups in total. The first kappa shape index (κ1) is 20.4. The van der Waals surface area contributed by atoms with E-state index in [4.69, 9.17) is 18.9 Å². The van der Waals surface area contributed by atoms with Crippen LogP contribution in [-0.2, 0) is 23.8 Å². The van der Waals surface area contributed by atoms with E-state index in [9.17, 15) is 9.59 Å². The minimum atomic E-state index is -1.45. The van der Waals surface area contributed by atoms with E-state index >= 15 is 0 Å². The SMILES string of the molecule is CCOC(=O)C12C(=O)Oc3ccccc3C1COCC(C)(C)COC1CCCC12. The molecule has 0 aromatic heterocycles. The second-order valence-corrected chi connectivity index (χ2v) is 9.14. The highest BCUT2D eigenvalue weighted by atomic mass is 16.6. The van der Waals surface area contributed by atoms with Crippen molar-refractivity contribution in [3.05, 3.63) is 29.8 Å². The molecule has 1 saturated heterocycles. The first-order valence-corrected chi connectivity index (χ1v) is 10.6. The van der Waals surface area contributed by atoms with Crippen LogP contribution in [-0.4, -0.2) is 44.5 Å². The largest absolute Gasteiger partial charge is 0.465 e. The summed E-state index contributed by atoms with van der Waals surface area (Å²) in [6, 6.07) is 7.42. The number of para-hydroxylation sites is 1. The van der Waals surface area contributed by atoms with E-state index in [-0.39, 0.29) is 30.7 Å². The lowest BCUT2D eigenvalue weighted by Gasteiger charge is -2.46. The van der Waals surface area contributed by atoms with Crippen LogP contribution in [0.1, 0.15) is 51.5 Å². The van der Waals surface area contributed by atoms with Crippen LogP contribution in [0.3, 0.4) is 0 Å². The molecule has 1 aromatic carbocycles. The summed E-state index contributed by atoms with van der Waals surface area (Å²) in [5.74, 6) is -1.33. The summed E-state index contributed by atoms with van der Waals surface area (Å²) < 4.78 is 23.6. The van der Waals surface area contributed by atoms with Gasteiger partial charge in [-0.25, -0.2) is 0 Å². The van der Waals surface area contributed by atoms with Gasteiger partial charge < -0.3 is 18.9 Å². The average molecular weight is 402 g/mol. The molecule has 1 saturated carbocycles. The second-order valence-electron chi connectivity index (χ2n) is 9.14. The molecular formula is C23H30O6. The van der Waals surface area contributed by atoms with Crippen LogP contribution in [0.2, 0.25) is 0 Å². The van der Waals surface area contributed by atoms with E-state index in [1.807, 2.05) is 18.2 Å². The molecule has 0 bridgehead atoms. The highest BCUT2D eigenvalue weighted by Crippen LogP contribution is 2.56. The number of hydrogen-bond donors (Lipinski definition) is 0. The Balaban J connectivity index is 1.88. The number of hydrogen-bond acceptors (Lipinski definition) is 6. The van der Waals surface area contributed by atoms with Crippen LogP contribution >= 0.6 is 0 Å². The van der Waals surface area contributed by atoms with Crippen LogP contribution in [0.25, 0.3) is 0 Å². The monoisotopic (exact) mass is 402 g/mol. The Kier molecular flexibility index (Phi) is 5.42. The Labute approximate surface area is 171 Å². The van der Waals surface area contributed by atoms with E-state index in [1.165, 1.54) is 0 Å². The predicted octanol–water partition coefficient (Wildman–Crippen LogP) is 3.48. The van der Waals surface area contributed by atoms with Crippen LogP contribution in [0.15, 0.2) is 24.3 Å². The lowest BCUT2D eigenvalue weighted by atomic mass is 9.61. The topological polar surface area (TPSA) is 71.1 Å². The van der Waals surface area contributed by atoms with Crippen molar-refractivity contribution in [1.29, 1.82) is 0 Å². The number of fused-ring (bicyclic) bond motifs is 5. The minimum Gasteiger partial charge on any atom is -0.465 e. The van der Waals surface area contributed by atoms with Gasteiger partial charge in [-0.1, -0.05) is 38.5 Å². The molecule has 6 nitrogen and oxygen atoms in total. The fourth-order valence-corrected chi connectivity index (χ4v) is 5.17. The summed E-state index contributed by atoms with van der Waals surface area (Å²) in [5, 5.41) is 0. The van der Waals surface area contributed by atoms with E-state index < -0.39 is 23.3 Å². The number of rotatable bonds is 2. The summed E-state index contributed by atoms with van der Waals surface area (Å²) in [5.41, 5.74) is -0.775. The van der Waals surface area contributed by atoms with E-state index in [1.54, 1.807) is 13.0 Å². The standard InChI is InChI=1S/C23H30O6/c1-4-27-20(24)23-16-9-7-11-19(16)28-14-22(2,3)13-26-12-17(23)15-8-5-6-10-18(15)29-21(23)25/h5-6,8,10,16-17,19H,4,7,9,11-14H2,1-3H3.